The summed E-state index contributed by atoms with van der Waals surface area (Å²) < 4.78 is 5.19. The van der Waals surface area contributed by atoms with E-state index in [1.807, 2.05) is 6.07 Å². The molecular weight excluding hydrogens is 271 g/mol. The van der Waals surface area contributed by atoms with Gasteiger partial charge in [0.1, 0.15) is 10.8 Å². The van der Waals surface area contributed by atoms with Crippen LogP contribution in [0.1, 0.15) is 35.2 Å². The quantitative estimate of drug-likeness (QED) is 0.833. The zero-order valence-electron chi connectivity index (χ0n) is 10.1. The van der Waals surface area contributed by atoms with Gasteiger partial charge < -0.3 is 4.74 Å². The highest BCUT2D eigenvalue weighted by Crippen LogP contribution is 2.45. The number of hydrogen-bond donors (Lipinski definition) is 0. The molecule has 0 radical (unpaired) electrons. The lowest BCUT2D eigenvalue weighted by atomic mass is 9.98. The first-order chi connectivity index (χ1) is 8.61. The summed E-state index contributed by atoms with van der Waals surface area (Å²) in [5.41, 5.74) is 1.60. The SMILES string of the molecule is COc1cc2c(c(Cl)c1Cl)C(=O)C(CC1CC1)C2. The molecule has 0 aliphatic heterocycles. The minimum absolute atomic E-state index is 0.0909. The van der Waals surface area contributed by atoms with E-state index in [0.29, 0.717) is 21.4 Å². The van der Waals surface area contributed by atoms with Gasteiger partial charge in [-0.25, -0.2) is 0 Å². The number of rotatable bonds is 3. The standard InChI is InChI=1S/C14H14Cl2O2/c1-18-10-6-8-5-9(4-7-2-3-7)14(17)11(8)13(16)12(10)15/h6-7,9H,2-5H2,1H3. The molecule has 96 valence electrons. The molecule has 2 nitrogen and oxygen atoms in total. The first kappa shape index (κ1) is 12.3. The Morgan fingerprint density at radius 1 is 1.33 bits per heavy atom. The molecule has 1 aromatic carbocycles. The van der Waals surface area contributed by atoms with Gasteiger partial charge in [-0.3, -0.25) is 4.79 Å². The topological polar surface area (TPSA) is 26.3 Å². The highest BCUT2D eigenvalue weighted by molar-refractivity contribution is 6.45. The molecule has 1 unspecified atom stereocenters. The van der Waals surface area contributed by atoms with E-state index >= 15 is 0 Å². The van der Waals surface area contributed by atoms with Gasteiger partial charge in [0.25, 0.3) is 0 Å². The van der Waals surface area contributed by atoms with Crippen molar-refractivity contribution in [3.05, 3.63) is 27.2 Å². The minimum atomic E-state index is 0.0909. The van der Waals surface area contributed by atoms with Crippen molar-refractivity contribution in [1.82, 2.24) is 0 Å². The van der Waals surface area contributed by atoms with Crippen LogP contribution < -0.4 is 4.74 Å². The van der Waals surface area contributed by atoms with Crippen molar-refractivity contribution in [2.24, 2.45) is 11.8 Å². The molecular formula is C14H14Cl2O2. The maximum Gasteiger partial charge on any atom is 0.168 e. The van der Waals surface area contributed by atoms with Crippen molar-refractivity contribution < 1.29 is 9.53 Å². The van der Waals surface area contributed by atoms with Gasteiger partial charge in [-0.2, -0.15) is 0 Å². The van der Waals surface area contributed by atoms with E-state index in [9.17, 15) is 4.79 Å². The summed E-state index contributed by atoms with van der Waals surface area (Å²) in [6, 6.07) is 1.86. The van der Waals surface area contributed by atoms with Crippen LogP contribution in [0.4, 0.5) is 0 Å². The van der Waals surface area contributed by atoms with E-state index in [1.54, 1.807) is 7.11 Å². The van der Waals surface area contributed by atoms with Crippen molar-refractivity contribution in [2.75, 3.05) is 7.11 Å². The molecule has 0 bridgehead atoms. The second kappa shape index (κ2) is 4.43. The van der Waals surface area contributed by atoms with Gasteiger partial charge in [0.15, 0.2) is 5.78 Å². The lowest BCUT2D eigenvalue weighted by Gasteiger charge is -2.08. The first-order valence-corrected chi connectivity index (χ1v) is 6.96. The van der Waals surface area contributed by atoms with Crippen molar-refractivity contribution in [3.8, 4) is 5.75 Å². The van der Waals surface area contributed by atoms with Crippen LogP contribution in [0.25, 0.3) is 0 Å². The van der Waals surface area contributed by atoms with Gasteiger partial charge in [-0.1, -0.05) is 36.0 Å². The second-order valence-corrected chi connectivity index (χ2v) is 5.94. The van der Waals surface area contributed by atoms with Gasteiger partial charge in [0.05, 0.1) is 12.1 Å². The molecule has 1 fully saturated rings. The van der Waals surface area contributed by atoms with Crippen LogP contribution in [0.15, 0.2) is 6.07 Å². The van der Waals surface area contributed by atoms with Gasteiger partial charge in [-0.15, -0.1) is 0 Å². The van der Waals surface area contributed by atoms with Crippen LogP contribution in [-0.2, 0) is 6.42 Å². The summed E-state index contributed by atoms with van der Waals surface area (Å²) in [6.07, 6.45) is 4.29. The number of ether oxygens (including phenoxy) is 1. The monoisotopic (exact) mass is 284 g/mol. The highest BCUT2D eigenvalue weighted by atomic mass is 35.5. The number of hydrogen-bond acceptors (Lipinski definition) is 2. The van der Waals surface area contributed by atoms with Crippen LogP contribution in [0.2, 0.25) is 10.0 Å². The molecule has 0 heterocycles. The Hall–Kier alpha value is -0.730. The predicted molar refractivity (Wildman–Crippen MR) is 71.9 cm³/mol. The van der Waals surface area contributed by atoms with E-state index in [-0.39, 0.29) is 11.7 Å². The Balaban J connectivity index is 1.98. The lowest BCUT2D eigenvalue weighted by molar-refractivity contribution is 0.0927. The minimum Gasteiger partial charge on any atom is -0.495 e. The normalized spacial score (nSPS) is 22.2. The zero-order valence-corrected chi connectivity index (χ0v) is 11.6. The molecule has 0 N–H and O–H groups in total. The van der Waals surface area contributed by atoms with Gasteiger partial charge in [0.2, 0.25) is 0 Å². The number of carbonyl (C=O) groups excluding carboxylic acids is 1. The number of ketones is 1. The average molecular weight is 285 g/mol. The number of methoxy groups -OCH3 is 1. The number of halogens is 2. The summed E-state index contributed by atoms with van der Waals surface area (Å²) in [5.74, 6) is 1.55. The Morgan fingerprint density at radius 3 is 2.67 bits per heavy atom. The largest absolute Gasteiger partial charge is 0.495 e. The van der Waals surface area contributed by atoms with Crippen molar-refractivity contribution in [3.63, 3.8) is 0 Å². The summed E-state index contributed by atoms with van der Waals surface area (Å²) in [5, 5.41) is 0.702. The Kier molecular flexibility index (Phi) is 3.03. The summed E-state index contributed by atoms with van der Waals surface area (Å²) in [4.78, 5) is 12.3. The molecule has 0 spiro atoms. The maximum absolute atomic E-state index is 12.3. The van der Waals surface area contributed by atoms with E-state index in [0.717, 1.165) is 24.3 Å². The number of carbonyl (C=O) groups is 1. The van der Waals surface area contributed by atoms with E-state index < -0.39 is 0 Å². The van der Waals surface area contributed by atoms with E-state index in [2.05, 4.69) is 0 Å². The molecule has 0 aromatic heterocycles. The third-order valence-corrected chi connectivity index (χ3v) is 4.72. The number of benzene rings is 1. The first-order valence-electron chi connectivity index (χ1n) is 6.21. The van der Waals surface area contributed by atoms with E-state index in [1.165, 1.54) is 12.8 Å². The van der Waals surface area contributed by atoms with Crippen LogP contribution in [0.5, 0.6) is 5.75 Å². The fourth-order valence-corrected chi connectivity index (χ4v) is 3.27. The summed E-state index contributed by atoms with van der Waals surface area (Å²) >= 11 is 12.3. The van der Waals surface area contributed by atoms with Crippen molar-refractivity contribution in [2.45, 2.75) is 25.7 Å². The number of Topliss-reactive ketones (excluding diaryl/α,β-unsaturated/α-hetero) is 1. The smallest absolute Gasteiger partial charge is 0.168 e. The maximum atomic E-state index is 12.3. The molecule has 1 saturated carbocycles. The fraction of sp³-hybridized carbons (Fsp3) is 0.500. The Bertz CT molecular complexity index is 521. The van der Waals surface area contributed by atoms with Crippen LogP contribution in [0, 0.1) is 11.8 Å². The molecule has 1 atom stereocenters. The fourth-order valence-electron chi connectivity index (χ4n) is 2.74. The van der Waals surface area contributed by atoms with Gasteiger partial charge in [-0.05, 0) is 30.4 Å². The van der Waals surface area contributed by atoms with E-state index in [4.69, 9.17) is 27.9 Å². The Labute approximate surface area is 116 Å². The third-order valence-electron chi connectivity index (χ3n) is 3.87. The van der Waals surface area contributed by atoms with Crippen molar-refractivity contribution in [1.29, 1.82) is 0 Å². The summed E-state index contributed by atoms with van der Waals surface area (Å²) in [7, 11) is 1.56. The summed E-state index contributed by atoms with van der Waals surface area (Å²) in [6.45, 7) is 0. The van der Waals surface area contributed by atoms with Crippen molar-refractivity contribution >= 4 is 29.0 Å². The molecule has 2 aliphatic rings. The molecule has 0 saturated heterocycles. The highest BCUT2D eigenvalue weighted by Gasteiger charge is 2.37. The molecule has 2 aliphatic carbocycles. The third kappa shape index (κ3) is 1.92. The molecule has 0 amide bonds. The molecule has 4 heteroatoms. The zero-order chi connectivity index (χ0) is 12.9. The van der Waals surface area contributed by atoms with Crippen LogP contribution in [-0.4, -0.2) is 12.9 Å². The second-order valence-electron chi connectivity index (χ2n) is 5.19. The Morgan fingerprint density at radius 2 is 2.06 bits per heavy atom. The predicted octanol–water partition coefficient (Wildman–Crippen LogP) is 4.16. The van der Waals surface area contributed by atoms with Gasteiger partial charge >= 0.3 is 0 Å². The van der Waals surface area contributed by atoms with Crippen LogP contribution in [0.3, 0.4) is 0 Å². The van der Waals surface area contributed by atoms with Gasteiger partial charge in [0, 0.05) is 11.5 Å². The molecule has 3 rings (SSSR count). The molecule has 1 aromatic rings. The van der Waals surface area contributed by atoms with Crippen LogP contribution >= 0.6 is 23.2 Å². The lowest BCUT2D eigenvalue weighted by Crippen LogP contribution is -2.09. The number of fused-ring (bicyclic) bond motifs is 1. The average Bonchev–Trinajstić information content (AvgIpc) is 3.10. The molecule has 18 heavy (non-hydrogen) atoms.